The van der Waals surface area contributed by atoms with Gasteiger partial charge in [-0.05, 0) is 48.7 Å². The number of nitrogens with zero attached hydrogens (tertiary/aromatic N) is 2. The topological polar surface area (TPSA) is 71.9 Å². The minimum absolute atomic E-state index is 0.156. The van der Waals surface area contributed by atoms with E-state index in [1.807, 2.05) is 54.2 Å². The molecule has 0 fully saturated rings. The van der Waals surface area contributed by atoms with Gasteiger partial charge in [0.05, 0.1) is 7.11 Å². The number of nitrogens with one attached hydrogen (secondary N) is 2. The summed E-state index contributed by atoms with van der Waals surface area (Å²) in [5.74, 6) is 1.33. The van der Waals surface area contributed by atoms with Crippen molar-refractivity contribution in [1.82, 2.24) is 19.9 Å². The fourth-order valence-electron chi connectivity index (χ4n) is 3.90. The van der Waals surface area contributed by atoms with Crippen molar-refractivity contribution in [3.8, 4) is 5.75 Å². The first-order chi connectivity index (χ1) is 14.5. The number of hydrogen-bond donors (Lipinski definition) is 2. The number of imidazole rings is 1. The minimum Gasteiger partial charge on any atom is -0.497 e. The zero-order valence-electron chi connectivity index (χ0n) is 17.7. The molecule has 6 nitrogen and oxygen atoms in total. The van der Waals surface area contributed by atoms with Crippen molar-refractivity contribution in [1.29, 1.82) is 0 Å². The van der Waals surface area contributed by atoms with Crippen LogP contribution in [0.3, 0.4) is 0 Å². The SMILES string of the molecule is CCc1c(C(=O)NC(c2cccc(OC)c2)c2nccn2C)[nH]c2ccc(C)cc12. The Morgan fingerprint density at radius 3 is 2.80 bits per heavy atom. The summed E-state index contributed by atoms with van der Waals surface area (Å²) < 4.78 is 7.30. The third-order valence-corrected chi connectivity index (χ3v) is 5.46. The number of carbonyl (C=O) groups excluding carboxylic acids is 1. The first-order valence-electron chi connectivity index (χ1n) is 10.0. The Kier molecular flexibility index (Phi) is 5.31. The molecule has 2 aromatic carbocycles. The highest BCUT2D eigenvalue weighted by atomic mass is 16.5. The van der Waals surface area contributed by atoms with E-state index in [1.165, 1.54) is 5.56 Å². The minimum atomic E-state index is -0.412. The van der Waals surface area contributed by atoms with Gasteiger partial charge in [0.25, 0.3) is 5.91 Å². The van der Waals surface area contributed by atoms with E-state index >= 15 is 0 Å². The Labute approximate surface area is 175 Å². The first-order valence-corrected chi connectivity index (χ1v) is 10.0. The van der Waals surface area contributed by atoms with Crippen LogP contribution in [0.15, 0.2) is 54.9 Å². The van der Waals surface area contributed by atoms with Crippen LogP contribution in [0.25, 0.3) is 10.9 Å². The number of hydrogen-bond acceptors (Lipinski definition) is 3. The Morgan fingerprint density at radius 1 is 1.27 bits per heavy atom. The molecule has 0 saturated carbocycles. The van der Waals surface area contributed by atoms with E-state index < -0.39 is 6.04 Å². The second-order valence-electron chi connectivity index (χ2n) is 7.46. The van der Waals surface area contributed by atoms with Crippen molar-refractivity contribution in [3.63, 3.8) is 0 Å². The average molecular weight is 402 g/mol. The molecule has 6 heteroatoms. The summed E-state index contributed by atoms with van der Waals surface area (Å²) in [5.41, 5.74) is 4.67. The first kappa shape index (κ1) is 19.8. The van der Waals surface area contributed by atoms with E-state index in [2.05, 4.69) is 35.2 Å². The summed E-state index contributed by atoms with van der Waals surface area (Å²) in [6.45, 7) is 4.13. The van der Waals surface area contributed by atoms with Crippen molar-refractivity contribution in [3.05, 3.63) is 83.1 Å². The lowest BCUT2D eigenvalue weighted by molar-refractivity contribution is 0.0936. The number of fused-ring (bicyclic) bond motifs is 1. The lowest BCUT2D eigenvalue weighted by Gasteiger charge is -2.20. The normalized spacial score (nSPS) is 12.1. The second kappa shape index (κ2) is 8.06. The van der Waals surface area contributed by atoms with E-state index in [1.54, 1.807) is 13.3 Å². The predicted molar refractivity (Wildman–Crippen MR) is 118 cm³/mol. The van der Waals surface area contributed by atoms with Crippen LogP contribution in [-0.2, 0) is 13.5 Å². The van der Waals surface area contributed by atoms with E-state index in [0.717, 1.165) is 40.0 Å². The smallest absolute Gasteiger partial charge is 0.268 e. The zero-order valence-corrected chi connectivity index (χ0v) is 17.7. The Morgan fingerprint density at radius 2 is 2.10 bits per heavy atom. The van der Waals surface area contributed by atoms with E-state index in [0.29, 0.717) is 5.69 Å². The van der Waals surface area contributed by atoms with E-state index in [4.69, 9.17) is 4.74 Å². The van der Waals surface area contributed by atoms with Crippen molar-refractivity contribution in [2.45, 2.75) is 26.3 Å². The number of rotatable bonds is 6. The maximum Gasteiger partial charge on any atom is 0.268 e. The highest BCUT2D eigenvalue weighted by Crippen LogP contribution is 2.27. The van der Waals surface area contributed by atoms with E-state index in [9.17, 15) is 4.79 Å². The number of ether oxygens (including phenoxy) is 1. The summed E-state index contributed by atoms with van der Waals surface area (Å²) in [5, 5.41) is 4.28. The number of H-pyrrole nitrogens is 1. The van der Waals surface area contributed by atoms with Gasteiger partial charge < -0.3 is 19.6 Å². The largest absolute Gasteiger partial charge is 0.497 e. The van der Waals surface area contributed by atoms with Crippen LogP contribution in [0.2, 0.25) is 0 Å². The lowest BCUT2D eigenvalue weighted by atomic mass is 10.0. The van der Waals surface area contributed by atoms with Gasteiger partial charge in [0, 0.05) is 30.3 Å². The van der Waals surface area contributed by atoms with Gasteiger partial charge >= 0.3 is 0 Å². The number of benzene rings is 2. The molecule has 154 valence electrons. The second-order valence-corrected chi connectivity index (χ2v) is 7.46. The molecule has 4 rings (SSSR count). The Bertz CT molecular complexity index is 1210. The number of carbonyl (C=O) groups is 1. The third kappa shape index (κ3) is 3.56. The third-order valence-electron chi connectivity index (χ3n) is 5.46. The fourth-order valence-corrected chi connectivity index (χ4v) is 3.90. The monoisotopic (exact) mass is 402 g/mol. The van der Waals surface area contributed by atoms with Gasteiger partial charge in [-0.1, -0.05) is 30.7 Å². The fraction of sp³-hybridized carbons (Fsp3) is 0.250. The molecular weight excluding hydrogens is 376 g/mol. The van der Waals surface area contributed by atoms with Crippen molar-refractivity contribution < 1.29 is 9.53 Å². The van der Waals surface area contributed by atoms with Crippen LogP contribution in [0.5, 0.6) is 5.75 Å². The van der Waals surface area contributed by atoms with Crippen molar-refractivity contribution >= 4 is 16.8 Å². The van der Waals surface area contributed by atoms with Crippen LogP contribution in [-0.4, -0.2) is 27.6 Å². The Hall–Kier alpha value is -3.54. The number of aromatic nitrogens is 3. The number of aromatic amines is 1. The van der Waals surface area contributed by atoms with Gasteiger partial charge in [0.2, 0.25) is 0 Å². The molecule has 0 spiro atoms. The van der Waals surface area contributed by atoms with Gasteiger partial charge in [-0.2, -0.15) is 0 Å². The van der Waals surface area contributed by atoms with Crippen molar-refractivity contribution in [2.24, 2.45) is 7.05 Å². The van der Waals surface area contributed by atoms with Crippen LogP contribution in [0.4, 0.5) is 0 Å². The molecule has 2 N–H and O–H groups in total. The molecule has 2 heterocycles. The van der Waals surface area contributed by atoms with Crippen LogP contribution < -0.4 is 10.1 Å². The molecule has 30 heavy (non-hydrogen) atoms. The van der Waals surface area contributed by atoms with Crippen LogP contribution in [0.1, 0.15) is 46.0 Å². The maximum absolute atomic E-state index is 13.4. The Balaban J connectivity index is 1.76. The highest BCUT2D eigenvalue weighted by molar-refractivity contribution is 6.01. The maximum atomic E-state index is 13.4. The summed E-state index contributed by atoms with van der Waals surface area (Å²) in [4.78, 5) is 21.2. The molecular formula is C24H26N4O2. The number of aryl methyl sites for hydroxylation is 3. The molecule has 0 aliphatic carbocycles. The molecule has 0 radical (unpaired) electrons. The van der Waals surface area contributed by atoms with Crippen molar-refractivity contribution in [2.75, 3.05) is 7.11 Å². The quantitative estimate of drug-likeness (QED) is 0.505. The molecule has 1 atom stereocenters. The zero-order chi connectivity index (χ0) is 21.3. The highest BCUT2D eigenvalue weighted by Gasteiger charge is 2.24. The number of methoxy groups -OCH3 is 1. The van der Waals surface area contributed by atoms with Gasteiger partial charge in [-0.25, -0.2) is 4.98 Å². The molecule has 0 aliphatic heterocycles. The molecule has 0 saturated heterocycles. The van der Waals surface area contributed by atoms with Gasteiger partial charge in [0.15, 0.2) is 0 Å². The molecule has 0 bridgehead atoms. The summed E-state index contributed by atoms with van der Waals surface area (Å²) >= 11 is 0. The molecule has 2 aromatic heterocycles. The summed E-state index contributed by atoms with van der Waals surface area (Å²) in [7, 11) is 3.55. The van der Waals surface area contributed by atoms with Crippen LogP contribution >= 0.6 is 0 Å². The molecule has 1 amide bonds. The average Bonchev–Trinajstić information content (AvgIpc) is 3.34. The number of amides is 1. The van der Waals surface area contributed by atoms with E-state index in [-0.39, 0.29) is 5.91 Å². The summed E-state index contributed by atoms with van der Waals surface area (Å²) in [6, 6.07) is 13.5. The van der Waals surface area contributed by atoms with Gasteiger partial charge in [-0.3, -0.25) is 4.79 Å². The predicted octanol–water partition coefficient (Wildman–Crippen LogP) is 4.30. The van der Waals surface area contributed by atoms with Crippen LogP contribution in [0, 0.1) is 6.92 Å². The van der Waals surface area contributed by atoms with Gasteiger partial charge in [-0.15, -0.1) is 0 Å². The lowest BCUT2D eigenvalue weighted by Crippen LogP contribution is -2.32. The van der Waals surface area contributed by atoms with Gasteiger partial charge in [0.1, 0.15) is 23.3 Å². The summed E-state index contributed by atoms with van der Waals surface area (Å²) in [6.07, 6.45) is 4.37. The molecule has 4 aromatic rings. The molecule has 0 aliphatic rings. The molecule has 1 unspecified atom stereocenters. The standard InChI is InChI=1S/C24H26N4O2/c1-5-18-19-13-15(2)9-10-20(19)26-22(18)24(29)27-21(23-25-11-12-28(23)3)16-7-6-8-17(14-16)30-4/h6-14,21,26H,5H2,1-4H3,(H,27,29).